The second-order valence-electron chi connectivity index (χ2n) is 8.64. The minimum absolute atomic E-state index is 0.00229. The summed E-state index contributed by atoms with van der Waals surface area (Å²) in [6.07, 6.45) is 15.6. The maximum absolute atomic E-state index is 11.7. The Bertz CT molecular complexity index is 298. The van der Waals surface area contributed by atoms with Gasteiger partial charge in [0.25, 0.3) is 0 Å². The first-order chi connectivity index (χ1) is 12.0. The highest BCUT2D eigenvalue weighted by atomic mass is 16.5. The minimum Gasteiger partial charge on any atom is -0.466 e. The monoisotopic (exact) mass is 354 g/mol. The van der Waals surface area contributed by atoms with Crippen LogP contribution in [0.4, 0.5) is 0 Å². The second kappa shape index (κ2) is 16.9. The third-order valence-corrected chi connectivity index (χ3v) is 5.23. The summed E-state index contributed by atoms with van der Waals surface area (Å²) in [4.78, 5) is 11.7. The van der Waals surface area contributed by atoms with Gasteiger partial charge in [0.1, 0.15) is 0 Å². The number of carbonyl (C=O) groups is 1. The summed E-state index contributed by atoms with van der Waals surface area (Å²) in [7, 11) is 0. The van der Waals surface area contributed by atoms with Crippen molar-refractivity contribution in [1.29, 1.82) is 0 Å². The van der Waals surface area contributed by atoms with Crippen LogP contribution in [0, 0.1) is 17.8 Å². The van der Waals surface area contributed by atoms with Crippen LogP contribution in [0.1, 0.15) is 118 Å². The molecule has 0 amide bonds. The number of hydrogen-bond donors (Lipinski definition) is 0. The molecule has 0 saturated carbocycles. The molecule has 0 aromatic rings. The predicted octanol–water partition coefficient (Wildman–Crippen LogP) is 7.55. The topological polar surface area (TPSA) is 26.3 Å². The largest absolute Gasteiger partial charge is 0.466 e. The summed E-state index contributed by atoms with van der Waals surface area (Å²) >= 11 is 0. The lowest BCUT2D eigenvalue weighted by atomic mass is 9.93. The van der Waals surface area contributed by atoms with Crippen LogP contribution in [0.3, 0.4) is 0 Å². The van der Waals surface area contributed by atoms with E-state index in [4.69, 9.17) is 4.74 Å². The fourth-order valence-electron chi connectivity index (χ4n) is 3.30. The van der Waals surface area contributed by atoms with Crippen LogP contribution in [0.15, 0.2) is 0 Å². The van der Waals surface area contributed by atoms with Gasteiger partial charge in [-0.3, -0.25) is 4.79 Å². The van der Waals surface area contributed by atoms with Gasteiger partial charge in [-0.15, -0.1) is 0 Å². The molecular formula is C23H46O2. The molecule has 0 N–H and O–H groups in total. The fraction of sp³-hybridized carbons (Fsp3) is 0.957. The van der Waals surface area contributed by atoms with Crippen molar-refractivity contribution in [3.8, 4) is 0 Å². The van der Waals surface area contributed by atoms with Gasteiger partial charge < -0.3 is 4.74 Å². The summed E-state index contributed by atoms with van der Waals surface area (Å²) in [6.45, 7) is 12.1. The van der Waals surface area contributed by atoms with Crippen molar-refractivity contribution in [2.24, 2.45) is 17.8 Å². The number of rotatable bonds is 17. The van der Waals surface area contributed by atoms with E-state index in [0.717, 1.165) is 31.1 Å². The second-order valence-corrected chi connectivity index (χ2v) is 8.64. The lowest BCUT2D eigenvalue weighted by molar-refractivity contribution is -0.144. The van der Waals surface area contributed by atoms with Gasteiger partial charge in [0.05, 0.1) is 6.61 Å². The van der Waals surface area contributed by atoms with E-state index in [1.54, 1.807) is 0 Å². The molecular weight excluding hydrogens is 308 g/mol. The Kier molecular flexibility index (Phi) is 16.6. The van der Waals surface area contributed by atoms with Crippen molar-refractivity contribution < 1.29 is 9.53 Å². The summed E-state index contributed by atoms with van der Waals surface area (Å²) < 4.78 is 5.38. The summed E-state index contributed by atoms with van der Waals surface area (Å²) in [5.74, 6) is 2.37. The number of esters is 1. The number of carbonyl (C=O) groups excluding carboxylic acids is 1. The maximum atomic E-state index is 11.7. The van der Waals surface area contributed by atoms with Crippen LogP contribution in [-0.4, -0.2) is 12.6 Å². The van der Waals surface area contributed by atoms with E-state index >= 15 is 0 Å². The molecule has 0 aliphatic heterocycles. The van der Waals surface area contributed by atoms with E-state index in [0.29, 0.717) is 18.9 Å². The lowest BCUT2D eigenvalue weighted by Crippen LogP contribution is -2.09. The van der Waals surface area contributed by atoms with Gasteiger partial charge in [-0.1, -0.05) is 98.8 Å². The molecule has 0 fully saturated rings. The van der Waals surface area contributed by atoms with Crippen LogP contribution in [0.5, 0.6) is 0 Å². The highest BCUT2D eigenvalue weighted by molar-refractivity contribution is 5.69. The summed E-state index contributed by atoms with van der Waals surface area (Å²) in [5.41, 5.74) is 0. The Morgan fingerprint density at radius 2 is 1.28 bits per heavy atom. The molecule has 25 heavy (non-hydrogen) atoms. The molecule has 0 radical (unpaired) electrons. The number of unbranched alkanes of at least 4 members (excludes halogenated alkanes) is 4. The Morgan fingerprint density at radius 1 is 0.720 bits per heavy atom. The third kappa shape index (κ3) is 18.1. The first-order valence-electron chi connectivity index (χ1n) is 11.1. The molecule has 0 heterocycles. The van der Waals surface area contributed by atoms with E-state index in [9.17, 15) is 4.79 Å². The van der Waals surface area contributed by atoms with Crippen LogP contribution in [0.25, 0.3) is 0 Å². The third-order valence-electron chi connectivity index (χ3n) is 5.23. The number of ether oxygens (including phenoxy) is 1. The zero-order valence-electron chi connectivity index (χ0n) is 17.9. The van der Waals surface area contributed by atoms with Crippen LogP contribution >= 0.6 is 0 Å². The maximum Gasteiger partial charge on any atom is 0.305 e. The highest BCUT2D eigenvalue weighted by Gasteiger charge is 2.08. The fourth-order valence-corrected chi connectivity index (χ4v) is 3.30. The normalized spacial score (nSPS) is 13.8. The first kappa shape index (κ1) is 24.5. The Labute approximate surface area is 158 Å². The van der Waals surface area contributed by atoms with Crippen LogP contribution in [-0.2, 0) is 9.53 Å². The molecule has 0 spiro atoms. The van der Waals surface area contributed by atoms with Crippen molar-refractivity contribution >= 4 is 5.97 Å². The van der Waals surface area contributed by atoms with E-state index in [2.05, 4.69) is 34.6 Å². The van der Waals surface area contributed by atoms with Gasteiger partial charge in [0, 0.05) is 6.42 Å². The van der Waals surface area contributed by atoms with Gasteiger partial charge in [-0.25, -0.2) is 0 Å². The zero-order valence-corrected chi connectivity index (χ0v) is 17.9. The van der Waals surface area contributed by atoms with E-state index in [1.807, 2.05) is 0 Å². The van der Waals surface area contributed by atoms with E-state index in [-0.39, 0.29) is 5.97 Å². The molecule has 150 valence electrons. The first-order valence-corrected chi connectivity index (χ1v) is 11.1. The van der Waals surface area contributed by atoms with Crippen molar-refractivity contribution in [3.63, 3.8) is 0 Å². The van der Waals surface area contributed by atoms with Crippen molar-refractivity contribution in [3.05, 3.63) is 0 Å². The van der Waals surface area contributed by atoms with Gasteiger partial charge in [-0.05, 0) is 30.6 Å². The van der Waals surface area contributed by atoms with Gasteiger partial charge in [0.2, 0.25) is 0 Å². The molecule has 0 aromatic heterocycles. The molecule has 0 rings (SSSR count). The smallest absolute Gasteiger partial charge is 0.305 e. The predicted molar refractivity (Wildman–Crippen MR) is 110 cm³/mol. The SMILES string of the molecule is CCCCCCCC(=O)OCCC(C)CCCC(C)CCCC(C)C. The summed E-state index contributed by atoms with van der Waals surface area (Å²) in [5, 5.41) is 0. The zero-order chi connectivity index (χ0) is 18.9. The molecule has 2 unspecified atom stereocenters. The molecule has 0 aliphatic rings. The molecule has 2 heteroatoms. The van der Waals surface area contributed by atoms with Crippen LogP contribution < -0.4 is 0 Å². The Balaban J connectivity index is 3.48. The quantitative estimate of drug-likeness (QED) is 0.199. The lowest BCUT2D eigenvalue weighted by Gasteiger charge is -2.15. The molecule has 2 atom stereocenters. The van der Waals surface area contributed by atoms with E-state index < -0.39 is 0 Å². The molecule has 0 aliphatic carbocycles. The van der Waals surface area contributed by atoms with Gasteiger partial charge in [-0.2, -0.15) is 0 Å². The molecule has 0 saturated heterocycles. The Morgan fingerprint density at radius 3 is 1.88 bits per heavy atom. The Hall–Kier alpha value is -0.530. The van der Waals surface area contributed by atoms with Crippen molar-refractivity contribution in [2.75, 3.05) is 6.61 Å². The number of hydrogen-bond acceptors (Lipinski definition) is 2. The molecule has 0 aromatic carbocycles. The molecule has 0 bridgehead atoms. The minimum atomic E-state index is 0.00229. The van der Waals surface area contributed by atoms with Gasteiger partial charge >= 0.3 is 5.97 Å². The highest BCUT2D eigenvalue weighted by Crippen LogP contribution is 2.20. The van der Waals surface area contributed by atoms with Crippen LogP contribution in [0.2, 0.25) is 0 Å². The average molecular weight is 355 g/mol. The standard InChI is InChI=1S/C23H46O2/c1-6-7-8-9-10-17-23(24)25-19-18-22(5)16-12-15-21(4)14-11-13-20(2)3/h20-22H,6-19H2,1-5H3. The summed E-state index contributed by atoms with van der Waals surface area (Å²) in [6, 6.07) is 0. The van der Waals surface area contributed by atoms with E-state index in [1.165, 1.54) is 57.8 Å². The van der Waals surface area contributed by atoms with Crippen molar-refractivity contribution in [1.82, 2.24) is 0 Å². The molecule has 2 nitrogen and oxygen atoms in total. The van der Waals surface area contributed by atoms with Crippen molar-refractivity contribution in [2.45, 2.75) is 118 Å². The average Bonchev–Trinajstić information content (AvgIpc) is 2.54. The van der Waals surface area contributed by atoms with Gasteiger partial charge in [0.15, 0.2) is 0 Å².